The summed E-state index contributed by atoms with van der Waals surface area (Å²) in [5.74, 6) is 0.455. The molecular formula is C50H46BrF11N6O3S. The van der Waals surface area contributed by atoms with E-state index in [0.29, 0.717) is 58.2 Å². The number of hydrogen-bond acceptors (Lipinski definition) is 7. The lowest BCUT2D eigenvalue weighted by Crippen LogP contribution is -2.14. The number of halogens is 12. The molecule has 0 unspecified atom stereocenters. The number of rotatable bonds is 17. The number of carbonyl (C=O) groups is 2. The summed E-state index contributed by atoms with van der Waals surface area (Å²) in [6, 6.07) is 19.2. The minimum atomic E-state index is -10.00. The van der Waals surface area contributed by atoms with Crippen LogP contribution in [0.5, 0.6) is 11.5 Å². The molecule has 2 saturated carbocycles. The lowest BCUT2D eigenvalue weighted by atomic mass is 10.0. The second kappa shape index (κ2) is 19.0. The number of anilines is 2. The Bertz CT molecular complexity index is 3200. The van der Waals surface area contributed by atoms with E-state index in [1.165, 1.54) is 18.5 Å². The molecule has 2 fully saturated rings. The van der Waals surface area contributed by atoms with E-state index in [-0.39, 0.29) is 47.2 Å². The highest BCUT2D eigenvalue weighted by Crippen LogP contribution is 3.02. The lowest BCUT2D eigenvalue weighted by molar-refractivity contribution is -0.132. The van der Waals surface area contributed by atoms with Crippen molar-refractivity contribution in [1.82, 2.24) is 19.1 Å². The number of nitrogens with one attached hydrogen (secondary N) is 2. The summed E-state index contributed by atoms with van der Waals surface area (Å²) in [5, 5.41) is 5.47. The normalized spacial score (nSPS) is 15.1. The van der Waals surface area contributed by atoms with Crippen LogP contribution in [0.4, 0.5) is 57.1 Å². The average Bonchev–Trinajstić information content (AvgIpc) is 4.19. The van der Waals surface area contributed by atoms with Gasteiger partial charge in [-0.1, -0.05) is 41.4 Å². The highest BCUT2D eigenvalue weighted by Gasteiger charge is 2.65. The Morgan fingerprint density at radius 1 is 0.639 bits per heavy atom. The Hall–Kier alpha value is -6.16. The molecule has 72 heavy (non-hydrogen) atoms. The molecule has 0 saturated heterocycles. The van der Waals surface area contributed by atoms with Crippen LogP contribution >= 0.6 is 26.2 Å². The van der Waals surface area contributed by atoms with Gasteiger partial charge in [-0.05, 0) is 123 Å². The van der Waals surface area contributed by atoms with Crippen LogP contribution in [0.2, 0.25) is 0 Å². The SMILES string of the molecule is Cc1cc(-n2cnc3c(NCCC(F)(F)F)cc(Br)cc32)ccc1C(=O)CC1CC1.Cc1cc(-n2cnc3c(NCCC(F)(F)F)cc(Oc4cccc(S(F)(F)(F)(F)F)c4)cc32)ccc1C(=O)CC1CC1. The summed E-state index contributed by atoms with van der Waals surface area (Å²) < 4.78 is 152. The highest BCUT2D eigenvalue weighted by atomic mass is 79.9. The van der Waals surface area contributed by atoms with Crippen LogP contribution < -0.4 is 15.4 Å². The number of fused-ring (bicyclic) bond motifs is 2. The van der Waals surface area contributed by atoms with Gasteiger partial charge in [0.25, 0.3) is 0 Å². The van der Waals surface area contributed by atoms with E-state index in [2.05, 4.69) is 36.5 Å². The van der Waals surface area contributed by atoms with Gasteiger partial charge in [-0.15, -0.1) is 0 Å². The Labute approximate surface area is 414 Å². The molecule has 9 rings (SSSR count). The molecule has 0 spiro atoms. The minimum Gasteiger partial charge on any atom is -0.457 e. The van der Waals surface area contributed by atoms with Gasteiger partial charge in [0.2, 0.25) is 0 Å². The average molecular weight is 1100 g/mol. The van der Waals surface area contributed by atoms with Gasteiger partial charge in [0.1, 0.15) is 40.1 Å². The number of ketones is 2. The van der Waals surface area contributed by atoms with E-state index >= 15 is 0 Å². The standard InChI is InChI=1S/C28H25F8N3O2S.C22H21BrF3N3O/c1-17-11-19(7-8-23(17)26(40)12-18-5-6-18)39-16-38-27-24(37-10-9-28(29,30)31)14-21(15-25(27)39)41-20-3-2-4-22(13-20)42(32,33,34,35)36;1-13-8-16(4-5-17(13)20(30)9-14-2-3-14)29-12-28-21-18(10-15(23)11-19(21)29)27-7-6-22(24,25)26/h2-4,7-8,11,13-16,18,37H,5-6,9-10,12H2,1H3;4-5,8,10-12,14,27H,2-3,6-7,9H2,1H3. The van der Waals surface area contributed by atoms with Gasteiger partial charge in [-0.25, -0.2) is 9.97 Å². The van der Waals surface area contributed by atoms with Crippen molar-refractivity contribution in [2.75, 3.05) is 23.7 Å². The summed E-state index contributed by atoms with van der Waals surface area (Å²) in [6.07, 6.45) is -2.33. The number of nitrogens with zero attached hydrogens (tertiary/aromatic N) is 4. The Morgan fingerprint density at radius 2 is 1.11 bits per heavy atom. The van der Waals surface area contributed by atoms with Crippen LogP contribution in [0.15, 0.2) is 107 Å². The highest BCUT2D eigenvalue weighted by molar-refractivity contribution is 9.10. The lowest BCUT2D eigenvalue weighted by Gasteiger charge is -2.40. The first-order valence-electron chi connectivity index (χ1n) is 22.7. The van der Waals surface area contributed by atoms with E-state index < -0.39 is 52.6 Å². The van der Waals surface area contributed by atoms with Crippen LogP contribution in [-0.4, -0.2) is 56.1 Å². The molecule has 2 aromatic heterocycles. The second-order valence-corrected chi connectivity index (χ2v) is 21.5. The molecule has 384 valence electrons. The van der Waals surface area contributed by atoms with E-state index in [1.54, 1.807) is 42.1 Å². The first-order chi connectivity index (χ1) is 33.6. The fraction of sp³-hybridized carbons (Fsp3) is 0.320. The third kappa shape index (κ3) is 13.3. The maximum Gasteiger partial charge on any atom is 0.390 e. The predicted molar refractivity (Wildman–Crippen MR) is 259 cm³/mol. The molecule has 0 radical (unpaired) electrons. The van der Waals surface area contributed by atoms with E-state index in [1.807, 2.05) is 35.8 Å². The zero-order valence-corrected chi connectivity index (χ0v) is 40.8. The number of carbonyl (C=O) groups excluding carboxylic acids is 2. The van der Waals surface area contributed by atoms with Crippen molar-refractivity contribution in [3.05, 3.63) is 124 Å². The molecule has 5 aromatic carbocycles. The fourth-order valence-corrected chi connectivity index (χ4v) is 9.23. The number of benzene rings is 5. The number of aromatic nitrogens is 4. The van der Waals surface area contributed by atoms with Gasteiger partial charge in [-0.2, -0.15) is 26.3 Å². The zero-order valence-electron chi connectivity index (χ0n) is 38.4. The Morgan fingerprint density at radius 3 is 1.56 bits per heavy atom. The van der Waals surface area contributed by atoms with Crippen LogP contribution in [0.1, 0.15) is 83.2 Å². The summed E-state index contributed by atoms with van der Waals surface area (Å²) in [7, 11) is -10.00. The van der Waals surface area contributed by atoms with Crippen molar-refractivity contribution < 1.29 is 60.1 Å². The molecule has 2 heterocycles. The van der Waals surface area contributed by atoms with Crippen LogP contribution in [-0.2, 0) is 0 Å². The molecule has 22 heteroatoms. The number of aryl methyl sites for hydroxylation is 2. The molecule has 7 aromatic rings. The summed E-state index contributed by atoms with van der Waals surface area (Å²) in [6.45, 7) is 2.93. The van der Waals surface area contributed by atoms with Crippen molar-refractivity contribution in [3.8, 4) is 22.9 Å². The monoisotopic (exact) mass is 1100 g/mol. The molecule has 0 bridgehead atoms. The molecule has 0 amide bonds. The van der Waals surface area contributed by atoms with Gasteiger partial charge in [-0.3, -0.25) is 18.7 Å². The zero-order chi connectivity index (χ0) is 52.0. The van der Waals surface area contributed by atoms with E-state index in [4.69, 9.17) is 4.74 Å². The Kier molecular flexibility index (Phi) is 13.8. The largest absolute Gasteiger partial charge is 0.457 e. The molecular weight excluding hydrogens is 1050 g/mol. The van der Waals surface area contributed by atoms with Crippen LogP contribution in [0, 0.1) is 25.7 Å². The van der Waals surface area contributed by atoms with Crippen LogP contribution in [0.3, 0.4) is 0 Å². The molecule has 0 atom stereocenters. The van der Waals surface area contributed by atoms with E-state index in [9.17, 15) is 55.4 Å². The van der Waals surface area contributed by atoms with Crippen LogP contribution in [0.25, 0.3) is 33.4 Å². The second-order valence-electron chi connectivity index (χ2n) is 18.2. The van der Waals surface area contributed by atoms with Gasteiger partial charge in [0.15, 0.2) is 11.6 Å². The van der Waals surface area contributed by atoms with E-state index in [0.717, 1.165) is 64.6 Å². The van der Waals surface area contributed by atoms with Crippen molar-refractivity contribution >= 4 is 71.2 Å². The Balaban J connectivity index is 0.000000204. The predicted octanol–water partition coefficient (Wildman–Crippen LogP) is 16.6. The summed E-state index contributed by atoms with van der Waals surface area (Å²) >= 11 is 3.43. The summed E-state index contributed by atoms with van der Waals surface area (Å²) in [5.41, 5.74) is 6.82. The smallest absolute Gasteiger partial charge is 0.390 e. The maximum absolute atomic E-state index is 13.4. The molecule has 0 aliphatic heterocycles. The first kappa shape index (κ1) is 52.2. The number of Topliss-reactive ketones (excluding diaryl/α,β-unsaturated/α-hetero) is 2. The minimum absolute atomic E-state index is 0.0256. The molecule has 9 nitrogen and oxygen atoms in total. The van der Waals surface area contributed by atoms with Gasteiger partial charge >= 0.3 is 22.6 Å². The fourth-order valence-electron chi connectivity index (χ4n) is 8.11. The van der Waals surface area contributed by atoms with Gasteiger partial charge in [0, 0.05) is 71.1 Å². The third-order valence-corrected chi connectivity index (χ3v) is 13.7. The molecule has 2 aliphatic carbocycles. The van der Waals surface area contributed by atoms with Crippen molar-refractivity contribution in [2.45, 2.75) is 82.5 Å². The molecule has 2 N–H and O–H groups in total. The van der Waals surface area contributed by atoms with Crippen molar-refractivity contribution in [2.24, 2.45) is 11.8 Å². The van der Waals surface area contributed by atoms with Gasteiger partial charge < -0.3 is 15.4 Å². The van der Waals surface area contributed by atoms with Crippen molar-refractivity contribution in [3.63, 3.8) is 0 Å². The van der Waals surface area contributed by atoms with Crippen molar-refractivity contribution in [1.29, 1.82) is 0 Å². The maximum atomic E-state index is 13.4. The van der Waals surface area contributed by atoms with Gasteiger partial charge in [0.05, 0.1) is 35.2 Å². The third-order valence-electron chi connectivity index (χ3n) is 12.1. The number of ether oxygens (including phenoxy) is 1. The number of hydrogen-bond donors (Lipinski definition) is 2. The molecule has 2 aliphatic rings. The number of imidazole rings is 2. The first-order valence-corrected chi connectivity index (χ1v) is 25.4. The quantitative estimate of drug-likeness (QED) is 0.0692. The summed E-state index contributed by atoms with van der Waals surface area (Å²) in [4.78, 5) is 31.7. The number of alkyl halides is 6. The topological polar surface area (TPSA) is 103 Å².